The summed E-state index contributed by atoms with van der Waals surface area (Å²) < 4.78 is 0. The van der Waals surface area contributed by atoms with Gasteiger partial charge in [-0.05, 0) is 0 Å². The van der Waals surface area contributed by atoms with Crippen LogP contribution in [0.1, 0.15) is 0 Å². The van der Waals surface area contributed by atoms with Crippen molar-refractivity contribution < 1.29 is 138 Å². The van der Waals surface area contributed by atoms with Crippen LogP contribution in [-0.4, -0.2) is 146 Å². The highest BCUT2D eigenvalue weighted by molar-refractivity contribution is 6.42. The van der Waals surface area contributed by atoms with Gasteiger partial charge in [0.05, 0.1) is 33.4 Å². The molecular formula is C42H29BO27. The number of hydrogen-bond acceptors (Lipinski definition) is 27. The standard InChI is InChI=1S/C42H29BO27/c43-15-7(9-26(54)37(65)41(69)38(66)27(9)55)17(45)11(18(46)8(15)10-28(56)39(67)42(70)40(68)29(10)57)12-19(47)14(31(59)32(60)30(12)58)13-16(44)1-2(20(48)25(13)53)4-6(24(52)36(64)34(62)22(4)50)5-3(1)21(49)33(61)35(63)23(5)51/h44-70H,43H2. The second-order valence-corrected chi connectivity index (χ2v) is 15.3. The van der Waals surface area contributed by atoms with Gasteiger partial charge in [0.25, 0.3) is 0 Å². The van der Waals surface area contributed by atoms with E-state index in [0.29, 0.717) is 0 Å². The summed E-state index contributed by atoms with van der Waals surface area (Å²) in [6.07, 6.45) is 0. The summed E-state index contributed by atoms with van der Waals surface area (Å²) in [4.78, 5) is 0. The van der Waals surface area contributed by atoms with Crippen molar-refractivity contribution in [1.29, 1.82) is 0 Å². The van der Waals surface area contributed by atoms with E-state index >= 15 is 0 Å². The Labute approximate surface area is 382 Å². The van der Waals surface area contributed by atoms with Crippen molar-refractivity contribution in [3.05, 3.63) is 0 Å². The van der Waals surface area contributed by atoms with E-state index in [4.69, 9.17) is 0 Å². The van der Waals surface area contributed by atoms with E-state index in [0.717, 1.165) is 7.85 Å². The molecule has 27 nitrogen and oxygen atoms in total. The van der Waals surface area contributed by atoms with Crippen LogP contribution in [0.4, 0.5) is 0 Å². The van der Waals surface area contributed by atoms with Gasteiger partial charge >= 0.3 is 0 Å². The molecule has 8 rings (SSSR count). The van der Waals surface area contributed by atoms with Gasteiger partial charge in [-0.2, -0.15) is 0 Å². The van der Waals surface area contributed by atoms with Crippen LogP contribution in [0, 0.1) is 0 Å². The fraction of sp³-hybridized carbons (Fsp3) is 0. The molecule has 362 valence electrons. The van der Waals surface area contributed by atoms with Gasteiger partial charge in [0.1, 0.15) is 30.8 Å². The lowest BCUT2D eigenvalue weighted by Crippen LogP contribution is -2.13. The van der Waals surface area contributed by atoms with E-state index in [1.165, 1.54) is 0 Å². The predicted octanol–water partition coefficient (Wildman–Crippen LogP) is 2.12. The Hall–Kier alpha value is -10.8. The topological polar surface area (TPSA) is 546 Å². The first kappa shape index (κ1) is 45.8. The third-order valence-corrected chi connectivity index (χ3v) is 11.8. The molecule has 8 aromatic rings. The van der Waals surface area contributed by atoms with Crippen molar-refractivity contribution in [3.63, 3.8) is 0 Å². The highest BCUT2D eigenvalue weighted by atomic mass is 16.4. The van der Waals surface area contributed by atoms with Crippen LogP contribution in [0.15, 0.2) is 0 Å². The summed E-state index contributed by atoms with van der Waals surface area (Å²) in [7, 11) is 0.776. The average molecular weight is 976 g/mol. The molecule has 0 radical (unpaired) electrons. The number of fused-ring (bicyclic) bond motifs is 6. The molecule has 0 fully saturated rings. The van der Waals surface area contributed by atoms with Crippen LogP contribution in [0.25, 0.3) is 76.8 Å². The zero-order chi connectivity index (χ0) is 52.2. The van der Waals surface area contributed by atoms with Crippen LogP contribution in [0.2, 0.25) is 0 Å². The number of phenolic OH excluding ortho intramolecular Hbond substituents is 27. The maximum absolute atomic E-state index is 12.1. The molecule has 0 spiro atoms. The summed E-state index contributed by atoms with van der Waals surface area (Å²) in [5.74, 6) is -45.2. The van der Waals surface area contributed by atoms with Gasteiger partial charge in [-0.15, -0.1) is 0 Å². The van der Waals surface area contributed by atoms with Gasteiger partial charge < -0.3 is 138 Å². The average Bonchev–Trinajstić information content (AvgIpc) is 3.32. The lowest BCUT2D eigenvalue weighted by Gasteiger charge is -2.25. The van der Waals surface area contributed by atoms with E-state index in [9.17, 15) is 138 Å². The summed E-state index contributed by atoms with van der Waals surface area (Å²) >= 11 is 0. The lowest BCUT2D eigenvalue weighted by atomic mass is 9.76. The minimum atomic E-state index is -1.92. The fourth-order valence-corrected chi connectivity index (χ4v) is 8.51. The summed E-state index contributed by atoms with van der Waals surface area (Å²) in [6.45, 7) is 0. The minimum absolute atomic E-state index is 0.776. The number of rotatable bonds is 4. The molecule has 0 amide bonds. The number of hydrogen-bond donors (Lipinski definition) is 27. The van der Waals surface area contributed by atoms with Crippen molar-refractivity contribution in [3.8, 4) is 200 Å². The first-order valence-corrected chi connectivity index (χ1v) is 18.8. The van der Waals surface area contributed by atoms with Gasteiger partial charge in [0.15, 0.2) is 69.0 Å². The lowest BCUT2D eigenvalue weighted by molar-refractivity contribution is 0.329. The third kappa shape index (κ3) is 5.27. The van der Waals surface area contributed by atoms with Crippen molar-refractivity contribution in [2.24, 2.45) is 0 Å². The molecule has 0 saturated carbocycles. The molecule has 0 saturated heterocycles. The molecule has 0 aliphatic carbocycles. The summed E-state index contributed by atoms with van der Waals surface area (Å²) in [5, 5.41) is 291. The second-order valence-electron chi connectivity index (χ2n) is 15.3. The normalized spacial score (nSPS) is 11.6. The van der Waals surface area contributed by atoms with Crippen molar-refractivity contribution in [1.82, 2.24) is 0 Å². The molecule has 0 aliphatic heterocycles. The quantitative estimate of drug-likeness (QED) is 0.0519. The smallest absolute Gasteiger partial charge is 0.208 e. The molecular weight excluding hydrogens is 947 g/mol. The number of benzene rings is 8. The largest absolute Gasteiger partial charge is 0.507 e. The molecule has 0 unspecified atom stereocenters. The van der Waals surface area contributed by atoms with E-state index < -0.39 is 238 Å². The monoisotopic (exact) mass is 976 g/mol. The van der Waals surface area contributed by atoms with Gasteiger partial charge in [-0.1, -0.05) is 5.46 Å². The Morgan fingerprint density at radius 3 is 0.529 bits per heavy atom. The fourth-order valence-electron chi connectivity index (χ4n) is 8.51. The zero-order valence-corrected chi connectivity index (χ0v) is 34.1. The third-order valence-electron chi connectivity index (χ3n) is 11.8. The Bertz CT molecular complexity index is 3610. The van der Waals surface area contributed by atoms with Crippen LogP contribution in [-0.2, 0) is 0 Å². The van der Waals surface area contributed by atoms with Crippen LogP contribution in [0.5, 0.6) is 155 Å². The summed E-state index contributed by atoms with van der Waals surface area (Å²) in [6, 6.07) is 0. The van der Waals surface area contributed by atoms with Crippen molar-refractivity contribution >= 4 is 45.6 Å². The summed E-state index contributed by atoms with van der Waals surface area (Å²) in [5.41, 5.74) is -12.7. The molecule has 0 heterocycles. The molecule has 0 aliphatic rings. The molecule has 28 heteroatoms. The maximum atomic E-state index is 12.1. The van der Waals surface area contributed by atoms with Gasteiger partial charge in [0, 0.05) is 43.4 Å². The van der Waals surface area contributed by atoms with Crippen LogP contribution < -0.4 is 5.46 Å². The minimum Gasteiger partial charge on any atom is -0.507 e. The van der Waals surface area contributed by atoms with Crippen LogP contribution in [0.3, 0.4) is 0 Å². The Morgan fingerprint density at radius 2 is 0.257 bits per heavy atom. The SMILES string of the molecule is Bc1c(-c2c(O)c(O)c(O)c(O)c2O)c(O)c(-c2c(O)c(O)c(O)c(-c3c(O)c(O)c4c5c(O)c(O)c(O)c(O)c5c5c(O)c(O)c(O)c(O)c5c4c3O)c2O)c(O)c1-c1c(O)c(O)c(O)c(O)c1O. The highest BCUT2D eigenvalue weighted by Gasteiger charge is 2.40. The molecule has 8 aromatic carbocycles. The molecule has 27 N–H and O–H groups in total. The predicted molar refractivity (Wildman–Crippen MR) is 234 cm³/mol. The Morgan fingerprint density at radius 1 is 0.129 bits per heavy atom. The number of aromatic hydroxyl groups is 27. The first-order valence-electron chi connectivity index (χ1n) is 18.8. The van der Waals surface area contributed by atoms with Gasteiger partial charge in [-0.3, -0.25) is 0 Å². The highest BCUT2D eigenvalue weighted by Crippen LogP contribution is 2.69. The molecule has 0 atom stereocenters. The van der Waals surface area contributed by atoms with Crippen LogP contribution >= 0.6 is 0 Å². The van der Waals surface area contributed by atoms with Gasteiger partial charge in [0.2, 0.25) is 63.2 Å². The second kappa shape index (κ2) is 14.4. The molecule has 0 aromatic heterocycles. The maximum Gasteiger partial charge on any atom is 0.208 e. The Kier molecular flexibility index (Phi) is 9.38. The zero-order valence-electron chi connectivity index (χ0n) is 34.1. The van der Waals surface area contributed by atoms with E-state index in [2.05, 4.69) is 0 Å². The Balaban J connectivity index is 1.64. The molecule has 0 bridgehead atoms. The van der Waals surface area contributed by atoms with Gasteiger partial charge in [-0.25, -0.2) is 0 Å². The number of phenols is 27. The first-order chi connectivity index (χ1) is 32.5. The van der Waals surface area contributed by atoms with Crippen molar-refractivity contribution in [2.75, 3.05) is 0 Å². The van der Waals surface area contributed by atoms with E-state index in [-0.39, 0.29) is 0 Å². The molecule has 70 heavy (non-hydrogen) atoms. The van der Waals surface area contributed by atoms with E-state index in [1.807, 2.05) is 0 Å². The van der Waals surface area contributed by atoms with E-state index in [1.54, 1.807) is 0 Å². The van der Waals surface area contributed by atoms with Crippen molar-refractivity contribution in [2.45, 2.75) is 0 Å².